The molecule has 1 saturated heterocycles. The second-order valence-corrected chi connectivity index (χ2v) is 6.81. The van der Waals surface area contributed by atoms with Crippen LogP contribution in [0, 0.1) is 23.7 Å². The molecule has 3 nitrogen and oxygen atoms in total. The maximum atomic E-state index is 12.7. The predicted octanol–water partition coefficient (Wildman–Crippen LogP) is 3.17. The normalized spacial score (nSPS) is 33.9. The van der Waals surface area contributed by atoms with E-state index in [0.717, 1.165) is 37.8 Å². The number of nitrogens with zero attached hydrogens (tertiary/aromatic N) is 1. The fraction of sp³-hybridized carbons (Fsp3) is 0.556. The molecular formula is C18H21NO2. The highest BCUT2D eigenvalue weighted by Crippen LogP contribution is 2.56. The van der Waals surface area contributed by atoms with Crippen molar-refractivity contribution >= 4 is 17.5 Å². The molecule has 1 heterocycles. The number of carbonyl (C=O) groups excluding carboxylic acids is 2. The zero-order valence-electron chi connectivity index (χ0n) is 12.4. The molecule has 4 rings (SSSR count). The molecule has 0 aromatic heterocycles. The van der Waals surface area contributed by atoms with Crippen molar-refractivity contribution in [1.29, 1.82) is 0 Å². The highest BCUT2D eigenvalue weighted by molar-refractivity contribution is 6.22. The van der Waals surface area contributed by atoms with E-state index in [0.29, 0.717) is 11.8 Å². The van der Waals surface area contributed by atoms with Gasteiger partial charge in [0.1, 0.15) is 0 Å². The van der Waals surface area contributed by atoms with Gasteiger partial charge in [-0.15, -0.1) is 0 Å². The third-order valence-corrected chi connectivity index (χ3v) is 5.66. The van der Waals surface area contributed by atoms with Crippen LogP contribution in [-0.2, 0) is 16.0 Å². The Bertz CT molecular complexity index is 564. The molecule has 4 unspecified atom stereocenters. The van der Waals surface area contributed by atoms with Crippen LogP contribution in [0.25, 0.3) is 0 Å². The number of fused-ring (bicyclic) bond motifs is 5. The van der Waals surface area contributed by atoms with Gasteiger partial charge in [0.15, 0.2) is 0 Å². The largest absolute Gasteiger partial charge is 0.274 e. The third-order valence-electron chi connectivity index (χ3n) is 5.66. The van der Waals surface area contributed by atoms with Crippen molar-refractivity contribution in [3.63, 3.8) is 0 Å². The lowest BCUT2D eigenvalue weighted by Gasteiger charge is -2.19. The van der Waals surface area contributed by atoms with Crippen LogP contribution in [0.1, 0.15) is 38.2 Å². The number of benzene rings is 1. The van der Waals surface area contributed by atoms with E-state index < -0.39 is 0 Å². The molecule has 2 aliphatic carbocycles. The summed E-state index contributed by atoms with van der Waals surface area (Å²) in [4.78, 5) is 26.9. The molecule has 110 valence electrons. The van der Waals surface area contributed by atoms with Crippen molar-refractivity contribution < 1.29 is 9.59 Å². The van der Waals surface area contributed by atoms with Gasteiger partial charge in [0.25, 0.3) is 0 Å². The molecule has 21 heavy (non-hydrogen) atoms. The molecule has 3 aliphatic rings. The summed E-state index contributed by atoms with van der Waals surface area (Å²) in [5.74, 6) is 0.987. The van der Waals surface area contributed by atoms with E-state index >= 15 is 0 Å². The highest BCUT2D eigenvalue weighted by Gasteiger charge is 2.61. The van der Waals surface area contributed by atoms with Crippen LogP contribution in [0.4, 0.5) is 5.69 Å². The number of hydrogen-bond donors (Lipinski definition) is 0. The maximum absolute atomic E-state index is 12.7. The summed E-state index contributed by atoms with van der Waals surface area (Å²) in [6, 6.07) is 7.96. The minimum Gasteiger partial charge on any atom is -0.274 e. The Morgan fingerprint density at radius 1 is 1.00 bits per heavy atom. The molecule has 1 aromatic carbocycles. The molecule has 3 fully saturated rings. The molecule has 1 aromatic rings. The van der Waals surface area contributed by atoms with Gasteiger partial charge < -0.3 is 0 Å². The average Bonchev–Trinajstić information content (AvgIpc) is 3.15. The van der Waals surface area contributed by atoms with Crippen LogP contribution < -0.4 is 4.90 Å². The third kappa shape index (κ3) is 1.79. The van der Waals surface area contributed by atoms with Crippen molar-refractivity contribution in [3.05, 3.63) is 29.8 Å². The smallest absolute Gasteiger partial charge is 0.237 e. The van der Waals surface area contributed by atoms with E-state index in [2.05, 4.69) is 6.92 Å². The molecule has 0 radical (unpaired) electrons. The Balaban J connectivity index is 1.64. The van der Waals surface area contributed by atoms with Gasteiger partial charge >= 0.3 is 0 Å². The Morgan fingerprint density at radius 3 is 2.10 bits per heavy atom. The van der Waals surface area contributed by atoms with E-state index in [4.69, 9.17) is 0 Å². The summed E-state index contributed by atoms with van der Waals surface area (Å²) < 4.78 is 0. The predicted molar refractivity (Wildman–Crippen MR) is 80.7 cm³/mol. The van der Waals surface area contributed by atoms with Crippen LogP contribution >= 0.6 is 0 Å². The first-order chi connectivity index (χ1) is 10.2. The Kier molecular flexibility index (Phi) is 2.91. The van der Waals surface area contributed by atoms with Crippen LogP contribution in [0.2, 0.25) is 0 Å². The maximum Gasteiger partial charge on any atom is 0.237 e. The van der Waals surface area contributed by atoms with Gasteiger partial charge in [-0.1, -0.05) is 25.5 Å². The van der Waals surface area contributed by atoms with Crippen molar-refractivity contribution in [3.8, 4) is 0 Å². The van der Waals surface area contributed by atoms with Gasteiger partial charge in [-0.05, 0) is 55.2 Å². The second-order valence-electron chi connectivity index (χ2n) is 6.81. The van der Waals surface area contributed by atoms with Gasteiger partial charge in [0, 0.05) is 0 Å². The summed E-state index contributed by atoms with van der Waals surface area (Å²) in [6.07, 6.45) is 5.50. The van der Waals surface area contributed by atoms with E-state index in [1.807, 2.05) is 24.3 Å². The van der Waals surface area contributed by atoms with E-state index in [1.165, 1.54) is 10.5 Å². The number of aryl methyl sites for hydroxylation is 1. The lowest BCUT2D eigenvalue weighted by Crippen LogP contribution is -2.32. The van der Waals surface area contributed by atoms with E-state index in [9.17, 15) is 9.59 Å². The molecule has 4 atom stereocenters. The summed E-state index contributed by atoms with van der Waals surface area (Å²) in [5, 5.41) is 0. The molecule has 2 amide bonds. The molecule has 0 spiro atoms. The number of hydrogen-bond acceptors (Lipinski definition) is 2. The van der Waals surface area contributed by atoms with Crippen LogP contribution in [0.5, 0.6) is 0 Å². The second kappa shape index (κ2) is 4.69. The monoisotopic (exact) mass is 283 g/mol. The SMILES string of the molecule is CCCc1ccc(N2C(=O)C3C4CCC(C4)C3C2=O)cc1. The van der Waals surface area contributed by atoms with Gasteiger partial charge in [-0.3, -0.25) is 14.5 Å². The summed E-state index contributed by atoms with van der Waals surface area (Å²) in [7, 11) is 0. The number of amides is 2. The molecule has 3 heteroatoms. The molecule has 0 N–H and O–H groups in total. The van der Waals surface area contributed by atoms with E-state index in [1.54, 1.807) is 0 Å². The molecule has 2 bridgehead atoms. The minimum atomic E-state index is -0.0217. The van der Waals surface area contributed by atoms with Crippen molar-refractivity contribution in [2.45, 2.75) is 39.0 Å². The minimum absolute atomic E-state index is 0.0217. The standard InChI is InChI=1S/C18H21NO2/c1-2-3-11-4-8-14(9-5-11)19-17(20)15-12-6-7-13(10-12)16(15)18(19)21/h4-5,8-9,12-13,15-16H,2-3,6-7,10H2,1H3. The van der Waals surface area contributed by atoms with Gasteiger partial charge in [-0.25, -0.2) is 0 Å². The molecule has 1 aliphatic heterocycles. The zero-order chi connectivity index (χ0) is 14.6. The lowest BCUT2D eigenvalue weighted by molar-refractivity contribution is -0.123. The molecule has 2 saturated carbocycles. The quantitative estimate of drug-likeness (QED) is 0.799. The fourth-order valence-electron chi connectivity index (χ4n) is 4.76. The van der Waals surface area contributed by atoms with E-state index in [-0.39, 0.29) is 23.7 Å². The Morgan fingerprint density at radius 2 is 1.57 bits per heavy atom. The Hall–Kier alpha value is -1.64. The van der Waals surface area contributed by atoms with Crippen LogP contribution in [0.15, 0.2) is 24.3 Å². The van der Waals surface area contributed by atoms with Gasteiger partial charge in [-0.2, -0.15) is 0 Å². The number of carbonyl (C=O) groups is 2. The first-order valence-corrected chi connectivity index (χ1v) is 8.17. The zero-order valence-corrected chi connectivity index (χ0v) is 12.4. The first-order valence-electron chi connectivity index (χ1n) is 8.17. The van der Waals surface area contributed by atoms with Gasteiger partial charge in [0.2, 0.25) is 11.8 Å². The summed E-state index contributed by atoms with van der Waals surface area (Å²) in [5.41, 5.74) is 2.03. The number of imide groups is 1. The fourth-order valence-corrected chi connectivity index (χ4v) is 4.76. The molecular weight excluding hydrogens is 262 g/mol. The number of rotatable bonds is 3. The van der Waals surface area contributed by atoms with Crippen molar-refractivity contribution in [2.75, 3.05) is 4.90 Å². The highest BCUT2D eigenvalue weighted by atomic mass is 16.2. The lowest BCUT2D eigenvalue weighted by atomic mass is 9.81. The summed E-state index contributed by atoms with van der Waals surface area (Å²) in [6.45, 7) is 2.15. The van der Waals surface area contributed by atoms with Crippen molar-refractivity contribution in [2.24, 2.45) is 23.7 Å². The Labute approximate surface area is 125 Å². The first kappa shape index (κ1) is 13.1. The topological polar surface area (TPSA) is 37.4 Å². The average molecular weight is 283 g/mol. The van der Waals surface area contributed by atoms with Gasteiger partial charge in [0.05, 0.1) is 17.5 Å². The van der Waals surface area contributed by atoms with Crippen LogP contribution in [-0.4, -0.2) is 11.8 Å². The van der Waals surface area contributed by atoms with Crippen molar-refractivity contribution in [1.82, 2.24) is 0 Å². The van der Waals surface area contributed by atoms with Crippen LogP contribution in [0.3, 0.4) is 0 Å². The number of anilines is 1. The summed E-state index contributed by atoms with van der Waals surface area (Å²) >= 11 is 0.